The van der Waals surface area contributed by atoms with Gasteiger partial charge in [-0.15, -0.1) is 0 Å². The Balaban J connectivity index is 1.64. The number of aryl methyl sites for hydroxylation is 1. The zero-order valence-electron chi connectivity index (χ0n) is 20.0. The maximum Gasteiger partial charge on any atom is 0.0701 e. The van der Waals surface area contributed by atoms with E-state index in [4.69, 9.17) is 28.8 Å². The van der Waals surface area contributed by atoms with E-state index in [-0.39, 0.29) is 6.61 Å². The molecule has 0 aromatic heterocycles. The maximum atomic E-state index is 8.56. The van der Waals surface area contributed by atoms with E-state index in [1.165, 1.54) is 56.9 Å². The van der Waals surface area contributed by atoms with Gasteiger partial charge in [0, 0.05) is 6.61 Å². The first-order valence-corrected chi connectivity index (χ1v) is 12.5. The first kappa shape index (κ1) is 29.0. The molecule has 0 aliphatic carbocycles. The minimum Gasteiger partial charge on any atom is -0.394 e. The van der Waals surface area contributed by atoms with E-state index < -0.39 is 0 Å². The number of aliphatic hydroxyl groups is 1. The van der Waals surface area contributed by atoms with E-state index in [2.05, 4.69) is 30.3 Å². The van der Waals surface area contributed by atoms with E-state index in [0.717, 1.165) is 13.0 Å². The molecule has 0 spiro atoms. The molecule has 0 aliphatic rings. The van der Waals surface area contributed by atoms with Crippen LogP contribution in [0.2, 0.25) is 0 Å². The molecule has 186 valence electrons. The van der Waals surface area contributed by atoms with Crippen molar-refractivity contribution in [3.63, 3.8) is 0 Å². The number of hydrogen-bond donors (Lipinski definition) is 1. The zero-order valence-corrected chi connectivity index (χ0v) is 20.0. The normalized spacial score (nSPS) is 11.3. The molecule has 0 amide bonds. The molecule has 0 aliphatic heterocycles. The number of ether oxygens (including phenoxy) is 5. The highest BCUT2D eigenvalue weighted by atomic mass is 16.6. The molecule has 0 atom stereocenters. The maximum absolute atomic E-state index is 8.56. The van der Waals surface area contributed by atoms with Crippen LogP contribution in [0.15, 0.2) is 30.3 Å². The fraction of sp³-hybridized carbons (Fsp3) is 0.769. The zero-order chi connectivity index (χ0) is 22.8. The second-order valence-electron chi connectivity index (χ2n) is 7.85. The van der Waals surface area contributed by atoms with Crippen molar-refractivity contribution in [3.05, 3.63) is 35.9 Å². The van der Waals surface area contributed by atoms with Crippen molar-refractivity contribution < 1.29 is 28.8 Å². The number of hydrogen-bond acceptors (Lipinski definition) is 6. The summed E-state index contributed by atoms with van der Waals surface area (Å²) in [6.45, 7) is 5.76. The third-order valence-electron chi connectivity index (χ3n) is 5.07. The van der Waals surface area contributed by atoms with Crippen LogP contribution in [0.3, 0.4) is 0 Å². The van der Waals surface area contributed by atoms with E-state index in [1.54, 1.807) is 0 Å². The van der Waals surface area contributed by atoms with Crippen LogP contribution in [-0.2, 0) is 30.1 Å². The van der Waals surface area contributed by atoms with Gasteiger partial charge in [0.1, 0.15) is 0 Å². The third-order valence-corrected chi connectivity index (χ3v) is 5.07. The van der Waals surface area contributed by atoms with Crippen molar-refractivity contribution in [1.82, 2.24) is 0 Å². The smallest absolute Gasteiger partial charge is 0.0701 e. The summed E-state index contributed by atoms with van der Waals surface area (Å²) in [5.41, 5.74) is 1.46. The average molecular weight is 455 g/mol. The fourth-order valence-corrected chi connectivity index (χ4v) is 3.28. The lowest BCUT2D eigenvalue weighted by Gasteiger charge is -2.08. The molecule has 32 heavy (non-hydrogen) atoms. The van der Waals surface area contributed by atoms with Crippen molar-refractivity contribution in [2.75, 3.05) is 72.7 Å². The Morgan fingerprint density at radius 1 is 0.438 bits per heavy atom. The third kappa shape index (κ3) is 20.9. The van der Waals surface area contributed by atoms with Crippen LogP contribution in [0.25, 0.3) is 0 Å². The van der Waals surface area contributed by atoms with E-state index in [9.17, 15) is 0 Å². The van der Waals surface area contributed by atoms with Crippen LogP contribution in [0, 0.1) is 0 Å². The summed E-state index contributed by atoms with van der Waals surface area (Å²) in [4.78, 5) is 0. The van der Waals surface area contributed by atoms with Crippen LogP contribution in [0.4, 0.5) is 0 Å². The van der Waals surface area contributed by atoms with Gasteiger partial charge in [-0.2, -0.15) is 0 Å². The molecule has 6 nitrogen and oxygen atoms in total. The Labute approximate surface area is 195 Å². The summed E-state index contributed by atoms with van der Waals surface area (Å²) < 4.78 is 27.0. The lowest BCUT2D eigenvalue weighted by atomic mass is 10.0. The second kappa shape index (κ2) is 24.6. The largest absolute Gasteiger partial charge is 0.394 e. The predicted molar refractivity (Wildman–Crippen MR) is 128 cm³/mol. The molecule has 1 N–H and O–H groups in total. The number of aliphatic hydroxyl groups excluding tert-OH is 1. The van der Waals surface area contributed by atoms with Gasteiger partial charge < -0.3 is 28.8 Å². The van der Waals surface area contributed by atoms with Crippen molar-refractivity contribution in [2.45, 2.75) is 57.8 Å². The Kier molecular flexibility index (Phi) is 22.3. The molecule has 0 radical (unpaired) electrons. The highest BCUT2D eigenvalue weighted by Gasteiger charge is 1.96. The highest BCUT2D eigenvalue weighted by molar-refractivity contribution is 5.14. The summed E-state index contributed by atoms with van der Waals surface area (Å²) >= 11 is 0. The Morgan fingerprint density at radius 3 is 1.34 bits per heavy atom. The average Bonchev–Trinajstić information content (AvgIpc) is 2.82. The van der Waals surface area contributed by atoms with Gasteiger partial charge in [-0.1, -0.05) is 68.9 Å². The molecule has 0 unspecified atom stereocenters. The fourth-order valence-electron chi connectivity index (χ4n) is 3.28. The minimum atomic E-state index is 0.0463. The van der Waals surface area contributed by atoms with Crippen LogP contribution in [0.1, 0.15) is 56.9 Å². The molecular formula is C26H46O6. The Hall–Kier alpha value is -1.02. The highest BCUT2D eigenvalue weighted by Crippen LogP contribution is 2.11. The molecule has 0 heterocycles. The molecule has 1 aromatic rings. The summed E-state index contributed by atoms with van der Waals surface area (Å²) in [7, 11) is 0. The lowest BCUT2D eigenvalue weighted by molar-refractivity contribution is -0.0134. The molecule has 1 aromatic carbocycles. The topological polar surface area (TPSA) is 66.4 Å². The molecule has 6 heteroatoms. The molecule has 0 fully saturated rings. The monoisotopic (exact) mass is 454 g/mol. The van der Waals surface area contributed by atoms with E-state index in [0.29, 0.717) is 59.5 Å². The number of benzene rings is 1. The van der Waals surface area contributed by atoms with Crippen molar-refractivity contribution in [1.29, 1.82) is 0 Å². The summed E-state index contributed by atoms with van der Waals surface area (Å²) in [6, 6.07) is 10.8. The van der Waals surface area contributed by atoms with Gasteiger partial charge in [0.05, 0.1) is 66.1 Å². The second-order valence-corrected chi connectivity index (χ2v) is 7.85. The van der Waals surface area contributed by atoms with Gasteiger partial charge in [-0.3, -0.25) is 0 Å². The van der Waals surface area contributed by atoms with E-state index in [1.807, 2.05) is 0 Å². The van der Waals surface area contributed by atoms with Crippen molar-refractivity contribution in [2.24, 2.45) is 0 Å². The van der Waals surface area contributed by atoms with Crippen LogP contribution < -0.4 is 0 Å². The lowest BCUT2D eigenvalue weighted by Crippen LogP contribution is -2.13. The molecular weight excluding hydrogens is 408 g/mol. The van der Waals surface area contributed by atoms with Crippen molar-refractivity contribution >= 4 is 0 Å². The van der Waals surface area contributed by atoms with Gasteiger partial charge in [-0.25, -0.2) is 0 Å². The first-order chi connectivity index (χ1) is 15.9. The van der Waals surface area contributed by atoms with Gasteiger partial charge in [0.2, 0.25) is 0 Å². The van der Waals surface area contributed by atoms with Crippen molar-refractivity contribution in [3.8, 4) is 0 Å². The van der Waals surface area contributed by atoms with Gasteiger partial charge in [0.25, 0.3) is 0 Å². The van der Waals surface area contributed by atoms with E-state index >= 15 is 0 Å². The molecule has 0 saturated carbocycles. The first-order valence-electron chi connectivity index (χ1n) is 12.5. The quantitative estimate of drug-likeness (QED) is 0.221. The predicted octanol–water partition coefficient (Wildman–Crippen LogP) is 4.43. The number of unbranched alkanes of at least 4 members (excludes halogenated alkanes) is 7. The van der Waals surface area contributed by atoms with Crippen LogP contribution >= 0.6 is 0 Å². The Morgan fingerprint density at radius 2 is 0.844 bits per heavy atom. The number of rotatable bonds is 25. The van der Waals surface area contributed by atoms with Gasteiger partial charge >= 0.3 is 0 Å². The summed E-state index contributed by atoms with van der Waals surface area (Å²) in [5.74, 6) is 0. The van der Waals surface area contributed by atoms with Gasteiger partial charge in [-0.05, 0) is 24.8 Å². The molecule has 0 bridgehead atoms. The molecule has 1 rings (SSSR count). The van der Waals surface area contributed by atoms with Crippen LogP contribution in [-0.4, -0.2) is 77.8 Å². The SMILES string of the molecule is OCCOCCOCCOCCOCCOCCCCCCCCCCc1ccccc1. The van der Waals surface area contributed by atoms with Gasteiger partial charge in [0.15, 0.2) is 0 Å². The Bertz CT molecular complexity index is 471. The summed E-state index contributed by atoms with van der Waals surface area (Å²) in [6.07, 6.45) is 11.6. The molecule has 0 saturated heterocycles. The minimum absolute atomic E-state index is 0.0463. The summed E-state index contributed by atoms with van der Waals surface area (Å²) in [5, 5.41) is 8.56. The standard InChI is InChI=1S/C26H46O6/c27-15-17-29-19-21-31-23-25-32-24-22-30-20-18-28-16-11-6-4-2-1-3-5-8-12-26-13-9-7-10-14-26/h7,9-10,13-14,27H,1-6,8,11-12,15-25H2. The van der Waals surface area contributed by atoms with Crippen LogP contribution in [0.5, 0.6) is 0 Å².